The van der Waals surface area contributed by atoms with Gasteiger partial charge in [0.05, 0.1) is 17.1 Å². The van der Waals surface area contributed by atoms with E-state index in [1.807, 2.05) is 37.3 Å². The van der Waals surface area contributed by atoms with Crippen LogP contribution in [0.3, 0.4) is 0 Å². The lowest BCUT2D eigenvalue weighted by Gasteiger charge is -2.15. The van der Waals surface area contributed by atoms with Crippen LogP contribution >= 0.6 is 0 Å². The number of hydrogen-bond donors (Lipinski definition) is 3. The van der Waals surface area contributed by atoms with Gasteiger partial charge in [0.1, 0.15) is 23.4 Å². The standard InChI is InChI=1S/C26H23N7O2/c1-15-6-8-20-19(5-4-10-29-20)24(15)18-11-22(32-25(34)16(2)28-3)31-23(12-18)33-26(35)21-9-7-17(13-27)14-30-21/h4-12,14,16,28H,1-3H3,(H2,31,32,33,34,35). The van der Waals surface area contributed by atoms with E-state index in [1.165, 1.54) is 18.3 Å². The Morgan fingerprint density at radius 1 is 1.03 bits per heavy atom. The molecule has 0 aliphatic carbocycles. The van der Waals surface area contributed by atoms with Gasteiger partial charge in [0.2, 0.25) is 5.91 Å². The Morgan fingerprint density at radius 2 is 1.80 bits per heavy atom. The third kappa shape index (κ3) is 5.13. The molecule has 0 spiro atoms. The first-order valence-corrected chi connectivity index (χ1v) is 10.9. The summed E-state index contributed by atoms with van der Waals surface area (Å²) < 4.78 is 0. The number of hydrogen-bond acceptors (Lipinski definition) is 7. The maximum absolute atomic E-state index is 12.8. The topological polar surface area (TPSA) is 133 Å². The maximum Gasteiger partial charge on any atom is 0.275 e. The zero-order chi connectivity index (χ0) is 24.9. The molecule has 0 aliphatic rings. The molecule has 0 aliphatic heterocycles. The molecule has 1 aromatic carbocycles. The smallest absolute Gasteiger partial charge is 0.275 e. The van der Waals surface area contributed by atoms with Gasteiger partial charge >= 0.3 is 0 Å². The number of nitrogens with zero attached hydrogens (tertiary/aromatic N) is 4. The van der Waals surface area contributed by atoms with Gasteiger partial charge in [-0.2, -0.15) is 5.26 Å². The average Bonchev–Trinajstić information content (AvgIpc) is 2.87. The van der Waals surface area contributed by atoms with Crippen LogP contribution in [0.2, 0.25) is 0 Å². The average molecular weight is 466 g/mol. The van der Waals surface area contributed by atoms with Crippen molar-refractivity contribution >= 4 is 34.4 Å². The second kappa shape index (κ2) is 10.1. The van der Waals surface area contributed by atoms with E-state index in [1.54, 1.807) is 32.3 Å². The molecule has 3 heterocycles. The van der Waals surface area contributed by atoms with Gasteiger partial charge in [-0.1, -0.05) is 12.1 Å². The van der Waals surface area contributed by atoms with Gasteiger partial charge < -0.3 is 16.0 Å². The predicted octanol–water partition coefficient (Wildman–Crippen LogP) is 3.67. The van der Waals surface area contributed by atoms with Crippen LogP contribution in [0.5, 0.6) is 0 Å². The molecule has 1 atom stereocenters. The Kier molecular flexibility index (Phi) is 6.76. The minimum absolute atomic E-state index is 0.135. The molecule has 9 heteroatoms. The number of benzene rings is 1. The Balaban J connectivity index is 1.78. The zero-order valence-electron chi connectivity index (χ0n) is 19.5. The van der Waals surface area contributed by atoms with E-state index in [2.05, 4.69) is 30.9 Å². The molecule has 174 valence electrons. The van der Waals surface area contributed by atoms with Gasteiger partial charge in [-0.05, 0) is 74.0 Å². The number of fused-ring (bicyclic) bond motifs is 1. The number of rotatable bonds is 6. The van der Waals surface area contributed by atoms with E-state index in [0.717, 1.165) is 27.6 Å². The van der Waals surface area contributed by atoms with Crippen LogP contribution in [0, 0.1) is 18.3 Å². The lowest BCUT2D eigenvalue weighted by atomic mass is 9.96. The van der Waals surface area contributed by atoms with Gasteiger partial charge in [0, 0.05) is 17.8 Å². The lowest BCUT2D eigenvalue weighted by molar-refractivity contribution is -0.117. The zero-order valence-corrected chi connectivity index (χ0v) is 19.5. The monoisotopic (exact) mass is 465 g/mol. The van der Waals surface area contributed by atoms with Gasteiger partial charge in [0.15, 0.2) is 0 Å². The molecule has 0 fully saturated rings. The van der Waals surface area contributed by atoms with E-state index >= 15 is 0 Å². The number of pyridine rings is 3. The Hall–Kier alpha value is -4.68. The molecule has 1 unspecified atom stereocenters. The molecule has 9 nitrogen and oxygen atoms in total. The highest BCUT2D eigenvalue weighted by Crippen LogP contribution is 2.33. The first-order valence-electron chi connectivity index (χ1n) is 10.9. The summed E-state index contributed by atoms with van der Waals surface area (Å²) >= 11 is 0. The van der Waals surface area contributed by atoms with Crippen molar-refractivity contribution in [2.45, 2.75) is 19.9 Å². The van der Waals surface area contributed by atoms with Crippen molar-refractivity contribution in [1.29, 1.82) is 5.26 Å². The van der Waals surface area contributed by atoms with Crippen LogP contribution in [-0.2, 0) is 4.79 Å². The highest BCUT2D eigenvalue weighted by Gasteiger charge is 2.17. The molecule has 3 aromatic heterocycles. The summed E-state index contributed by atoms with van der Waals surface area (Å²) in [5.41, 5.74) is 3.99. The molecule has 2 amide bonds. The van der Waals surface area contributed by atoms with Crippen molar-refractivity contribution in [3.05, 3.63) is 77.7 Å². The largest absolute Gasteiger partial charge is 0.309 e. The Morgan fingerprint density at radius 3 is 2.49 bits per heavy atom. The van der Waals surface area contributed by atoms with Crippen molar-refractivity contribution in [1.82, 2.24) is 20.3 Å². The van der Waals surface area contributed by atoms with Crippen LogP contribution in [0.15, 0.2) is 60.9 Å². The number of amides is 2. The van der Waals surface area contributed by atoms with Gasteiger partial charge in [0.25, 0.3) is 5.91 Å². The molecule has 0 saturated carbocycles. The summed E-state index contributed by atoms with van der Waals surface area (Å²) in [5.74, 6) is -0.222. The fraction of sp³-hybridized carbons (Fsp3) is 0.154. The molecule has 0 radical (unpaired) electrons. The summed E-state index contributed by atoms with van der Waals surface area (Å²) in [6.07, 6.45) is 3.06. The molecule has 0 saturated heterocycles. The lowest BCUT2D eigenvalue weighted by Crippen LogP contribution is -2.35. The van der Waals surface area contributed by atoms with Crippen LogP contribution in [0.4, 0.5) is 11.6 Å². The van der Waals surface area contributed by atoms with Gasteiger partial charge in [-0.3, -0.25) is 14.6 Å². The number of carbonyl (C=O) groups is 2. The fourth-order valence-corrected chi connectivity index (χ4v) is 3.59. The van der Waals surface area contributed by atoms with Crippen molar-refractivity contribution in [2.24, 2.45) is 0 Å². The van der Waals surface area contributed by atoms with Gasteiger partial charge in [-0.25, -0.2) is 9.97 Å². The van der Waals surface area contributed by atoms with E-state index in [-0.39, 0.29) is 23.2 Å². The second-order valence-electron chi connectivity index (χ2n) is 7.95. The highest BCUT2D eigenvalue weighted by molar-refractivity contribution is 6.04. The molecule has 4 aromatic rings. The highest BCUT2D eigenvalue weighted by atomic mass is 16.2. The predicted molar refractivity (Wildman–Crippen MR) is 134 cm³/mol. The number of aryl methyl sites for hydroxylation is 1. The van der Waals surface area contributed by atoms with E-state index in [4.69, 9.17) is 5.26 Å². The van der Waals surface area contributed by atoms with Crippen LogP contribution in [0.25, 0.3) is 22.0 Å². The van der Waals surface area contributed by atoms with E-state index in [0.29, 0.717) is 5.56 Å². The van der Waals surface area contributed by atoms with Crippen molar-refractivity contribution in [3.63, 3.8) is 0 Å². The molecular weight excluding hydrogens is 442 g/mol. The summed E-state index contributed by atoms with van der Waals surface area (Å²) in [4.78, 5) is 38.3. The number of anilines is 2. The van der Waals surface area contributed by atoms with E-state index in [9.17, 15) is 9.59 Å². The molecule has 35 heavy (non-hydrogen) atoms. The van der Waals surface area contributed by atoms with Crippen LogP contribution < -0.4 is 16.0 Å². The Bertz CT molecular complexity index is 1460. The van der Waals surface area contributed by atoms with E-state index < -0.39 is 11.9 Å². The molecule has 3 N–H and O–H groups in total. The SMILES string of the molecule is CNC(C)C(=O)Nc1cc(-c2c(C)ccc3ncccc23)cc(NC(=O)c2ccc(C#N)cn2)n1. The summed E-state index contributed by atoms with van der Waals surface area (Å²) in [5, 5.41) is 18.3. The Labute approximate surface area is 202 Å². The van der Waals surface area contributed by atoms with Gasteiger partial charge in [-0.15, -0.1) is 0 Å². The number of likely N-dealkylation sites (N-methyl/N-ethyl adjacent to an activating group) is 1. The normalized spacial score (nSPS) is 11.5. The minimum Gasteiger partial charge on any atom is -0.309 e. The second-order valence-corrected chi connectivity index (χ2v) is 7.95. The third-order valence-electron chi connectivity index (χ3n) is 5.55. The maximum atomic E-state index is 12.8. The van der Waals surface area contributed by atoms with Crippen molar-refractivity contribution in [2.75, 3.05) is 17.7 Å². The third-order valence-corrected chi connectivity index (χ3v) is 5.55. The molecule has 4 rings (SSSR count). The molecular formula is C26H23N7O2. The first kappa shape index (κ1) is 23.5. The summed E-state index contributed by atoms with van der Waals surface area (Å²) in [6, 6.07) is 15.8. The van der Waals surface area contributed by atoms with Crippen molar-refractivity contribution < 1.29 is 9.59 Å². The van der Waals surface area contributed by atoms with Crippen molar-refractivity contribution in [3.8, 4) is 17.2 Å². The fourth-order valence-electron chi connectivity index (χ4n) is 3.59. The summed E-state index contributed by atoms with van der Waals surface area (Å²) in [7, 11) is 1.69. The quantitative estimate of drug-likeness (QED) is 0.396. The summed E-state index contributed by atoms with van der Waals surface area (Å²) in [6.45, 7) is 3.72. The number of aromatic nitrogens is 3. The molecule has 0 bridgehead atoms. The van der Waals surface area contributed by atoms with Crippen LogP contribution in [-0.4, -0.2) is 39.9 Å². The first-order chi connectivity index (χ1) is 16.9. The number of nitriles is 1. The minimum atomic E-state index is -0.490. The number of carbonyl (C=O) groups excluding carboxylic acids is 2. The number of nitrogens with one attached hydrogen (secondary N) is 3. The van der Waals surface area contributed by atoms with Crippen LogP contribution in [0.1, 0.15) is 28.5 Å².